The van der Waals surface area contributed by atoms with Crippen LogP contribution in [0.3, 0.4) is 0 Å². The highest BCUT2D eigenvalue weighted by atomic mass is 16.6. The first-order chi connectivity index (χ1) is 13.0. The Morgan fingerprint density at radius 3 is 2.63 bits per heavy atom. The summed E-state index contributed by atoms with van der Waals surface area (Å²) in [5, 5.41) is 19.1. The topological polar surface area (TPSA) is 90.1 Å². The van der Waals surface area contributed by atoms with Crippen LogP contribution >= 0.6 is 0 Å². The number of aromatic nitrogens is 2. The van der Waals surface area contributed by atoms with Gasteiger partial charge in [0.15, 0.2) is 0 Å². The van der Waals surface area contributed by atoms with Crippen LogP contribution in [0.25, 0.3) is 10.9 Å². The zero-order chi connectivity index (χ0) is 19.4. The van der Waals surface area contributed by atoms with Crippen molar-refractivity contribution in [3.8, 4) is 0 Å². The summed E-state index contributed by atoms with van der Waals surface area (Å²) in [5.74, 6) is 0.177. The highest BCUT2D eigenvalue weighted by Crippen LogP contribution is 2.22. The fourth-order valence-corrected chi connectivity index (χ4v) is 3.10. The van der Waals surface area contributed by atoms with Gasteiger partial charge in [-0.15, -0.1) is 0 Å². The van der Waals surface area contributed by atoms with Crippen molar-refractivity contribution < 1.29 is 9.72 Å². The normalized spacial score (nSPS) is 12.3. The van der Waals surface area contributed by atoms with Crippen LogP contribution in [0.2, 0.25) is 0 Å². The van der Waals surface area contributed by atoms with E-state index in [9.17, 15) is 14.9 Å². The van der Waals surface area contributed by atoms with Crippen molar-refractivity contribution in [1.29, 1.82) is 0 Å². The lowest BCUT2D eigenvalue weighted by Gasteiger charge is -2.23. The van der Waals surface area contributed by atoms with Gasteiger partial charge in [0.1, 0.15) is 0 Å². The molecule has 0 aliphatic heterocycles. The number of non-ortho nitro benzene ring substituents is 1. The molecule has 0 aliphatic rings. The van der Waals surface area contributed by atoms with E-state index in [2.05, 4.69) is 24.3 Å². The van der Waals surface area contributed by atoms with Crippen molar-refractivity contribution in [2.75, 3.05) is 0 Å². The van der Waals surface area contributed by atoms with E-state index in [1.807, 2.05) is 30.3 Å². The smallest absolute Gasteiger partial charge is 0.271 e. The minimum absolute atomic E-state index is 0.0117. The second kappa shape index (κ2) is 7.99. The van der Waals surface area contributed by atoms with E-state index in [-0.39, 0.29) is 30.0 Å². The summed E-state index contributed by atoms with van der Waals surface area (Å²) in [6.45, 7) is 4.49. The zero-order valence-electron chi connectivity index (χ0n) is 15.3. The first kappa shape index (κ1) is 18.6. The van der Waals surface area contributed by atoms with Crippen molar-refractivity contribution in [1.82, 2.24) is 15.1 Å². The molecule has 7 heteroatoms. The molecule has 0 saturated heterocycles. The maximum absolute atomic E-state index is 12.5. The third-order valence-corrected chi connectivity index (χ3v) is 4.53. The van der Waals surface area contributed by atoms with E-state index < -0.39 is 4.92 Å². The van der Waals surface area contributed by atoms with Crippen LogP contribution in [-0.2, 0) is 11.3 Å². The van der Waals surface area contributed by atoms with E-state index in [1.54, 1.807) is 16.9 Å². The standard InChI is InChI=1S/C20H22N4O3/c1-14(2)20(15-6-4-3-5-7-15)22-19(25)10-11-23-18-12-17(24(26)27)9-8-16(18)13-21-23/h3-9,12-14,20H,10-11H2,1-2H3,(H,22,25). The molecule has 1 aromatic heterocycles. The van der Waals surface area contributed by atoms with E-state index in [0.717, 1.165) is 10.9 Å². The summed E-state index contributed by atoms with van der Waals surface area (Å²) in [4.78, 5) is 23.0. The number of hydrogen-bond acceptors (Lipinski definition) is 4. The van der Waals surface area contributed by atoms with Crippen LogP contribution in [-0.4, -0.2) is 20.6 Å². The first-order valence-electron chi connectivity index (χ1n) is 8.90. The van der Waals surface area contributed by atoms with Crippen LogP contribution in [0.4, 0.5) is 5.69 Å². The summed E-state index contributed by atoms with van der Waals surface area (Å²) in [5.41, 5.74) is 1.74. The van der Waals surface area contributed by atoms with E-state index in [4.69, 9.17) is 0 Å². The van der Waals surface area contributed by atoms with Crippen LogP contribution in [0, 0.1) is 16.0 Å². The Labute approximate surface area is 157 Å². The summed E-state index contributed by atoms with van der Waals surface area (Å²) in [7, 11) is 0. The fourth-order valence-electron chi connectivity index (χ4n) is 3.10. The van der Waals surface area contributed by atoms with E-state index >= 15 is 0 Å². The van der Waals surface area contributed by atoms with Gasteiger partial charge in [-0.25, -0.2) is 0 Å². The Bertz CT molecular complexity index is 950. The number of fused-ring (bicyclic) bond motifs is 1. The highest BCUT2D eigenvalue weighted by molar-refractivity contribution is 5.81. The van der Waals surface area contributed by atoms with Gasteiger partial charge < -0.3 is 5.32 Å². The lowest BCUT2D eigenvalue weighted by molar-refractivity contribution is -0.384. The third-order valence-electron chi connectivity index (χ3n) is 4.53. The van der Waals surface area contributed by atoms with Gasteiger partial charge in [0.05, 0.1) is 29.2 Å². The molecule has 3 aromatic rings. The van der Waals surface area contributed by atoms with E-state index in [0.29, 0.717) is 12.1 Å². The number of benzene rings is 2. The summed E-state index contributed by atoms with van der Waals surface area (Å²) >= 11 is 0. The first-order valence-corrected chi connectivity index (χ1v) is 8.90. The van der Waals surface area contributed by atoms with Crippen molar-refractivity contribution in [2.45, 2.75) is 32.9 Å². The van der Waals surface area contributed by atoms with Crippen molar-refractivity contribution >= 4 is 22.5 Å². The van der Waals surface area contributed by atoms with Gasteiger partial charge in [0.25, 0.3) is 5.69 Å². The molecule has 0 bridgehead atoms. The third kappa shape index (κ3) is 4.31. The summed E-state index contributed by atoms with van der Waals surface area (Å²) in [6, 6.07) is 14.4. The number of rotatable bonds is 7. The zero-order valence-corrected chi connectivity index (χ0v) is 15.3. The molecule has 0 saturated carbocycles. The predicted octanol–water partition coefficient (Wildman–Crippen LogP) is 3.85. The number of nitro benzene ring substituents is 1. The molecule has 140 valence electrons. The molecule has 1 N–H and O–H groups in total. The average Bonchev–Trinajstić information content (AvgIpc) is 3.07. The minimum atomic E-state index is -0.434. The molecule has 1 atom stereocenters. The van der Waals surface area contributed by atoms with Crippen molar-refractivity contribution in [3.63, 3.8) is 0 Å². The Morgan fingerprint density at radius 1 is 1.22 bits per heavy atom. The Balaban J connectivity index is 1.69. The van der Waals surface area contributed by atoms with Gasteiger partial charge in [-0.1, -0.05) is 44.2 Å². The second-order valence-corrected chi connectivity index (χ2v) is 6.82. The number of nitro groups is 1. The monoisotopic (exact) mass is 366 g/mol. The average molecular weight is 366 g/mol. The molecular weight excluding hydrogens is 344 g/mol. The number of hydrogen-bond donors (Lipinski definition) is 1. The number of carbonyl (C=O) groups is 1. The molecule has 27 heavy (non-hydrogen) atoms. The molecule has 7 nitrogen and oxygen atoms in total. The molecule has 0 aliphatic carbocycles. The van der Waals surface area contributed by atoms with Gasteiger partial charge in [-0.2, -0.15) is 5.10 Å². The lowest BCUT2D eigenvalue weighted by atomic mass is 9.96. The van der Waals surface area contributed by atoms with Crippen LogP contribution in [0.5, 0.6) is 0 Å². The molecule has 3 rings (SSSR count). The Morgan fingerprint density at radius 2 is 1.96 bits per heavy atom. The number of carbonyl (C=O) groups excluding carboxylic acids is 1. The summed E-state index contributed by atoms with van der Waals surface area (Å²) in [6.07, 6.45) is 1.90. The number of nitrogens with zero attached hydrogens (tertiary/aromatic N) is 3. The van der Waals surface area contributed by atoms with Crippen molar-refractivity contribution in [3.05, 3.63) is 70.4 Å². The maximum Gasteiger partial charge on any atom is 0.271 e. The van der Waals surface area contributed by atoms with Gasteiger partial charge in [0, 0.05) is 23.9 Å². The molecule has 0 spiro atoms. The van der Waals surface area contributed by atoms with Crippen LogP contribution < -0.4 is 5.32 Å². The molecule has 2 aromatic carbocycles. The van der Waals surface area contributed by atoms with Gasteiger partial charge >= 0.3 is 0 Å². The van der Waals surface area contributed by atoms with Crippen molar-refractivity contribution in [2.24, 2.45) is 5.92 Å². The quantitative estimate of drug-likeness (QED) is 0.508. The summed E-state index contributed by atoms with van der Waals surface area (Å²) < 4.78 is 1.63. The number of nitrogens with one attached hydrogen (secondary N) is 1. The molecule has 1 unspecified atom stereocenters. The Hall–Kier alpha value is -3.22. The van der Waals surface area contributed by atoms with Gasteiger partial charge in [0.2, 0.25) is 5.91 Å². The molecule has 1 amide bonds. The molecule has 1 heterocycles. The lowest BCUT2D eigenvalue weighted by Crippen LogP contribution is -2.32. The Kier molecular flexibility index (Phi) is 5.49. The van der Waals surface area contributed by atoms with Gasteiger partial charge in [-0.05, 0) is 17.5 Å². The van der Waals surface area contributed by atoms with Gasteiger partial charge in [-0.3, -0.25) is 19.6 Å². The highest BCUT2D eigenvalue weighted by Gasteiger charge is 2.18. The maximum atomic E-state index is 12.5. The SMILES string of the molecule is CC(C)C(NC(=O)CCn1ncc2ccc([N+](=O)[O-])cc21)c1ccccc1. The largest absolute Gasteiger partial charge is 0.349 e. The number of amides is 1. The molecule has 0 radical (unpaired) electrons. The minimum Gasteiger partial charge on any atom is -0.349 e. The van der Waals surface area contributed by atoms with Crippen LogP contribution in [0.15, 0.2) is 54.7 Å². The second-order valence-electron chi connectivity index (χ2n) is 6.82. The van der Waals surface area contributed by atoms with E-state index in [1.165, 1.54) is 12.1 Å². The van der Waals surface area contributed by atoms with Crippen LogP contribution in [0.1, 0.15) is 31.9 Å². The molecule has 0 fully saturated rings. The predicted molar refractivity (Wildman–Crippen MR) is 103 cm³/mol. The number of aryl methyl sites for hydroxylation is 1. The molecular formula is C20H22N4O3. The fraction of sp³-hybridized carbons (Fsp3) is 0.300.